The molecule has 1 aromatic heterocycles. The molecule has 1 rings (SSSR count). The molecule has 0 N–H and O–H groups in total. The molecular weight excluding hydrogens is 224 g/mol. The van der Waals surface area contributed by atoms with Crippen molar-refractivity contribution in [1.29, 1.82) is 0 Å². The first kappa shape index (κ1) is 13.1. The van der Waals surface area contributed by atoms with Crippen molar-refractivity contribution in [3.63, 3.8) is 0 Å². The van der Waals surface area contributed by atoms with Gasteiger partial charge in [-0.25, -0.2) is 0 Å². The molecule has 16 heavy (non-hydrogen) atoms. The molecule has 0 saturated heterocycles. The summed E-state index contributed by atoms with van der Waals surface area (Å²) in [5.74, 6) is 2.23. The Morgan fingerprint density at radius 1 is 1.31 bits per heavy atom. The van der Waals surface area contributed by atoms with E-state index in [2.05, 4.69) is 16.8 Å². The monoisotopic (exact) mass is 242 g/mol. The molecule has 0 fully saturated rings. The van der Waals surface area contributed by atoms with Crippen LogP contribution in [0.5, 0.6) is 5.88 Å². The number of alkyl halides is 1. The zero-order valence-electron chi connectivity index (χ0n) is 9.95. The molecule has 3 nitrogen and oxygen atoms in total. The zero-order chi connectivity index (χ0) is 11.8. The van der Waals surface area contributed by atoms with Crippen molar-refractivity contribution in [3.8, 4) is 5.88 Å². The van der Waals surface area contributed by atoms with Gasteiger partial charge in [0.25, 0.3) is 0 Å². The number of ether oxygens (including phenoxy) is 1. The van der Waals surface area contributed by atoms with Crippen LogP contribution < -0.4 is 9.64 Å². The number of nitrogens with zero attached hydrogens (tertiary/aromatic N) is 2. The molecule has 90 valence electrons. The van der Waals surface area contributed by atoms with Crippen molar-refractivity contribution in [1.82, 2.24) is 4.98 Å². The lowest BCUT2D eigenvalue weighted by Gasteiger charge is -2.22. The van der Waals surface area contributed by atoms with Crippen LogP contribution in [-0.2, 0) is 0 Å². The highest BCUT2D eigenvalue weighted by Gasteiger charge is 2.07. The van der Waals surface area contributed by atoms with E-state index in [1.165, 1.54) is 0 Å². The van der Waals surface area contributed by atoms with Crippen LogP contribution in [0.1, 0.15) is 20.3 Å². The lowest BCUT2D eigenvalue weighted by atomic mass is 10.3. The number of hydrogen-bond donors (Lipinski definition) is 0. The summed E-state index contributed by atoms with van der Waals surface area (Å²) >= 11 is 5.78. The van der Waals surface area contributed by atoms with Crippen molar-refractivity contribution in [2.75, 3.05) is 30.5 Å². The van der Waals surface area contributed by atoms with Gasteiger partial charge >= 0.3 is 0 Å². The maximum absolute atomic E-state index is 5.78. The van der Waals surface area contributed by atoms with E-state index in [1.54, 1.807) is 0 Å². The van der Waals surface area contributed by atoms with Crippen molar-refractivity contribution in [2.45, 2.75) is 20.3 Å². The van der Waals surface area contributed by atoms with Crippen molar-refractivity contribution in [3.05, 3.63) is 18.2 Å². The van der Waals surface area contributed by atoms with Crippen LogP contribution in [0.15, 0.2) is 18.2 Å². The Bertz CT molecular complexity index is 301. The molecule has 0 atom stereocenters. The highest BCUT2D eigenvalue weighted by molar-refractivity contribution is 6.18. The standard InChI is InChI=1S/C12H19ClN2O/c1-3-9-15(10-8-13)11-6-5-7-12(14-11)16-4-2/h5-7H,3-4,8-10H2,1-2H3. The van der Waals surface area contributed by atoms with E-state index >= 15 is 0 Å². The molecule has 0 unspecified atom stereocenters. The van der Waals surface area contributed by atoms with Gasteiger partial charge in [-0.2, -0.15) is 4.98 Å². The lowest BCUT2D eigenvalue weighted by molar-refractivity contribution is 0.327. The second kappa shape index (κ2) is 7.34. The van der Waals surface area contributed by atoms with E-state index < -0.39 is 0 Å². The quantitative estimate of drug-likeness (QED) is 0.688. The Labute approximate surface area is 102 Å². The Morgan fingerprint density at radius 2 is 2.12 bits per heavy atom. The Kier molecular flexibility index (Phi) is 6.01. The van der Waals surface area contributed by atoms with Crippen LogP contribution in [-0.4, -0.2) is 30.6 Å². The summed E-state index contributed by atoms with van der Waals surface area (Å²) in [7, 11) is 0. The summed E-state index contributed by atoms with van der Waals surface area (Å²) in [5, 5.41) is 0. The van der Waals surface area contributed by atoms with E-state index in [-0.39, 0.29) is 0 Å². The normalized spacial score (nSPS) is 10.2. The van der Waals surface area contributed by atoms with Gasteiger partial charge in [0.15, 0.2) is 0 Å². The van der Waals surface area contributed by atoms with Crippen LogP contribution in [0.25, 0.3) is 0 Å². The molecule has 0 spiro atoms. The van der Waals surface area contributed by atoms with Gasteiger partial charge < -0.3 is 9.64 Å². The van der Waals surface area contributed by atoms with Crippen molar-refractivity contribution >= 4 is 17.4 Å². The Hall–Kier alpha value is -0.960. The summed E-state index contributed by atoms with van der Waals surface area (Å²) in [6.45, 7) is 6.53. The lowest BCUT2D eigenvalue weighted by Crippen LogP contribution is -2.27. The molecule has 1 aromatic rings. The fourth-order valence-corrected chi connectivity index (χ4v) is 1.73. The Morgan fingerprint density at radius 3 is 2.75 bits per heavy atom. The minimum atomic E-state index is 0.612. The number of aromatic nitrogens is 1. The van der Waals surface area contributed by atoms with Gasteiger partial charge in [-0.05, 0) is 19.4 Å². The first-order valence-corrected chi connectivity index (χ1v) is 6.26. The molecule has 4 heteroatoms. The number of pyridine rings is 1. The predicted octanol–water partition coefficient (Wildman–Crippen LogP) is 2.94. The van der Waals surface area contributed by atoms with Gasteiger partial charge in [-0.15, -0.1) is 11.6 Å². The SMILES string of the molecule is CCCN(CCCl)c1cccc(OCC)n1. The van der Waals surface area contributed by atoms with E-state index in [4.69, 9.17) is 16.3 Å². The third-order valence-electron chi connectivity index (χ3n) is 2.17. The smallest absolute Gasteiger partial charge is 0.215 e. The average Bonchev–Trinajstić information content (AvgIpc) is 2.30. The number of halogens is 1. The van der Waals surface area contributed by atoms with Gasteiger partial charge in [0, 0.05) is 25.0 Å². The second-order valence-electron chi connectivity index (χ2n) is 3.44. The Balaban J connectivity index is 2.77. The number of rotatable bonds is 7. The molecule has 0 amide bonds. The second-order valence-corrected chi connectivity index (χ2v) is 3.82. The highest BCUT2D eigenvalue weighted by atomic mass is 35.5. The first-order valence-electron chi connectivity index (χ1n) is 5.72. The fourth-order valence-electron chi connectivity index (χ4n) is 1.52. The molecular formula is C12H19ClN2O. The minimum Gasteiger partial charge on any atom is -0.478 e. The van der Waals surface area contributed by atoms with E-state index in [0.29, 0.717) is 18.4 Å². The average molecular weight is 243 g/mol. The maximum Gasteiger partial charge on any atom is 0.215 e. The molecule has 0 bridgehead atoms. The topological polar surface area (TPSA) is 25.4 Å². The minimum absolute atomic E-state index is 0.612. The largest absolute Gasteiger partial charge is 0.478 e. The molecule has 0 saturated carbocycles. The van der Waals surface area contributed by atoms with Crippen LogP contribution >= 0.6 is 11.6 Å². The number of hydrogen-bond acceptors (Lipinski definition) is 3. The van der Waals surface area contributed by atoms with Gasteiger partial charge in [-0.1, -0.05) is 13.0 Å². The fraction of sp³-hybridized carbons (Fsp3) is 0.583. The molecule has 0 aliphatic carbocycles. The summed E-state index contributed by atoms with van der Waals surface area (Å²) in [5.41, 5.74) is 0. The molecule has 1 heterocycles. The van der Waals surface area contributed by atoms with E-state index in [1.807, 2.05) is 25.1 Å². The van der Waals surface area contributed by atoms with Gasteiger partial charge in [0.05, 0.1) is 6.61 Å². The van der Waals surface area contributed by atoms with Crippen molar-refractivity contribution < 1.29 is 4.74 Å². The zero-order valence-corrected chi connectivity index (χ0v) is 10.7. The van der Waals surface area contributed by atoms with Crippen molar-refractivity contribution in [2.24, 2.45) is 0 Å². The van der Waals surface area contributed by atoms with Crippen LogP contribution in [0, 0.1) is 0 Å². The summed E-state index contributed by atoms with van der Waals surface area (Å²) in [6.07, 6.45) is 1.08. The van der Waals surface area contributed by atoms with E-state index in [0.717, 1.165) is 25.3 Å². The van der Waals surface area contributed by atoms with Crippen LogP contribution in [0.2, 0.25) is 0 Å². The predicted molar refractivity (Wildman–Crippen MR) is 68.6 cm³/mol. The summed E-state index contributed by atoms with van der Waals surface area (Å²) < 4.78 is 5.38. The van der Waals surface area contributed by atoms with Crippen LogP contribution in [0.4, 0.5) is 5.82 Å². The summed E-state index contributed by atoms with van der Waals surface area (Å²) in [6, 6.07) is 5.83. The molecule has 0 aliphatic heterocycles. The van der Waals surface area contributed by atoms with Gasteiger partial charge in [0.2, 0.25) is 5.88 Å². The molecule has 0 aliphatic rings. The highest BCUT2D eigenvalue weighted by Crippen LogP contribution is 2.16. The summed E-state index contributed by atoms with van der Waals surface area (Å²) in [4.78, 5) is 6.62. The molecule has 0 radical (unpaired) electrons. The molecule has 0 aromatic carbocycles. The third kappa shape index (κ3) is 3.89. The third-order valence-corrected chi connectivity index (χ3v) is 2.34. The van der Waals surface area contributed by atoms with E-state index in [9.17, 15) is 0 Å². The van der Waals surface area contributed by atoms with Crippen LogP contribution in [0.3, 0.4) is 0 Å². The number of anilines is 1. The van der Waals surface area contributed by atoms with Gasteiger partial charge in [-0.3, -0.25) is 0 Å². The maximum atomic E-state index is 5.78. The first-order chi connectivity index (χ1) is 7.81. The van der Waals surface area contributed by atoms with Gasteiger partial charge in [0.1, 0.15) is 5.82 Å².